The normalized spacial score (nSPS) is 54.0. The zero-order valence-electron chi connectivity index (χ0n) is 6.48. The lowest BCUT2D eigenvalue weighted by atomic mass is 9.95. The van der Waals surface area contributed by atoms with E-state index >= 15 is 0 Å². The van der Waals surface area contributed by atoms with Crippen LogP contribution >= 0.6 is 0 Å². The van der Waals surface area contributed by atoms with Crippen molar-refractivity contribution in [3.05, 3.63) is 0 Å². The predicted molar refractivity (Wildman–Crippen MR) is 39.6 cm³/mol. The molecular weight excluding hydrogens is 110 g/mol. The van der Waals surface area contributed by atoms with Gasteiger partial charge in [0, 0.05) is 0 Å². The van der Waals surface area contributed by atoms with Gasteiger partial charge in [-0.25, -0.2) is 0 Å². The summed E-state index contributed by atoms with van der Waals surface area (Å²) in [4.78, 5) is 0. The van der Waals surface area contributed by atoms with E-state index < -0.39 is 0 Å². The average Bonchev–Trinajstić information content (AvgIpc) is 2.31. The van der Waals surface area contributed by atoms with Crippen LogP contribution in [0.25, 0.3) is 0 Å². The van der Waals surface area contributed by atoms with Crippen LogP contribution in [-0.4, -0.2) is 0 Å². The number of fused-ring (bicyclic) bond motifs is 1. The van der Waals surface area contributed by atoms with Crippen LogP contribution in [0.1, 0.15) is 33.1 Å². The van der Waals surface area contributed by atoms with Gasteiger partial charge in [0.05, 0.1) is 0 Å². The zero-order chi connectivity index (χ0) is 5.78. The first-order valence-electron chi connectivity index (χ1n) is 3.73. The summed E-state index contributed by atoms with van der Waals surface area (Å²) in [5.74, 6) is 2.17. The summed E-state index contributed by atoms with van der Waals surface area (Å²) in [6.45, 7) is 4.86. The fourth-order valence-corrected chi connectivity index (χ4v) is 2.29. The van der Waals surface area contributed by atoms with E-state index in [-0.39, 0.29) is 6.15 Å². The van der Waals surface area contributed by atoms with Gasteiger partial charge in [0.2, 0.25) is 0 Å². The smallest absolute Gasteiger partial charge is 0.0269 e. The molecule has 0 amide bonds. The molecule has 3 N–H and O–H groups in total. The van der Waals surface area contributed by atoms with E-state index in [0.29, 0.717) is 0 Å². The minimum Gasteiger partial charge on any atom is -0.344 e. The van der Waals surface area contributed by atoms with E-state index in [9.17, 15) is 0 Å². The highest BCUT2D eigenvalue weighted by Gasteiger charge is 2.56. The number of hydrogen-bond acceptors (Lipinski definition) is 1. The summed E-state index contributed by atoms with van der Waals surface area (Å²) in [6.07, 6.45) is 4.56. The second-order valence-corrected chi connectivity index (χ2v) is 3.89. The van der Waals surface area contributed by atoms with E-state index in [1.54, 1.807) is 0 Å². The summed E-state index contributed by atoms with van der Waals surface area (Å²) in [5, 5.41) is 0. The van der Waals surface area contributed by atoms with Crippen molar-refractivity contribution in [1.29, 1.82) is 0 Å². The Labute approximate surface area is 57.4 Å². The molecule has 3 unspecified atom stereocenters. The Morgan fingerprint density at radius 2 is 2.00 bits per heavy atom. The molecule has 0 aromatic carbocycles. The first kappa shape index (κ1) is 7.07. The van der Waals surface area contributed by atoms with Crippen LogP contribution in [0.3, 0.4) is 0 Å². The Morgan fingerprint density at radius 1 is 1.33 bits per heavy atom. The third kappa shape index (κ3) is 0.710. The van der Waals surface area contributed by atoms with Gasteiger partial charge in [-0.15, -0.1) is 0 Å². The van der Waals surface area contributed by atoms with Crippen molar-refractivity contribution in [2.45, 2.75) is 33.1 Å². The second kappa shape index (κ2) is 1.72. The molecule has 54 valence electrons. The molecule has 0 heterocycles. The van der Waals surface area contributed by atoms with Crippen LogP contribution in [0.4, 0.5) is 0 Å². The number of rotatable bonds is 0. The molecule has 3 atom stereocenters. The van der Waals surface area contributed by atoms with Crippen molar-refractivity contribution in [3.63, 3.8) is 0 Å². The molecule has 2 saturated carbocycles. The van der Waals surface area contributed by atoms with E-state index in [2.05, 4.69) is 13.8 Å². The topological polar surface area (TPSA) is 35.0 Å². The van der Waals surface area contributed by atoms with Gasteiger partial charge < -0.3 is 6.15 Å². The Balaban J connectivity index is 0.000000405. The molecule has 0 aromatic heterocycles. The molecule has 1 heteroatoms. The molecule has 0 saturated heterocycles. The van der Waals surface area contributed by atoms with Crippen LogP contribution in [0.15, 0.2) is 0 Å². The van der Waals surface area contributed by atoms with Gasteiger partial charge in [0.1, 0.15) is 0 Å². The van der Waals surface area contributed by atoms with E-state index in [4.69, 9.17) is 0 Å². The first-order chi connectivity index (χ1) is 3.73. The monoisotopic (exact) mass is 127 g/mol. The van der Waals surface area contributed by atoms with Gasteiger partial charge in [-0.05, 0) is 36.5 Å². The van der Waals surface area contributed by atoms with Crippen molar-refractivity contribution in [3.8, 4) is 0 Å². The van der Waals surface area contributed by atoms with Gasteiger partial charge in [0.25, 0.3) is 0 Å². The highest BCUT2D eigenvalue weighted by Crippen LogP contribution is 2.65. The van der Waals surface area contributed by atoms with Crippen LogP contribution in [-0.2, 0) is 0 Å². The Kier molecular flexibility index (Phi) is 1.35. The molecule has 2 rings (SSSR count). The van der Waals surface area contributed by atoms with Crippen molar-refractivity contribution in [2.24, 2.45) is 17.3 Å². The van der Waals surface area contributed by atoms with Crippen LogP contribution < -0.4 is 6.15 Å². The third-order valence-electron chi connectivity index (χ3n) is 3.53. The van der Waals surface area contributed by atoms with Gasteiger partial charge in [-0.2, -0.15) is 0 Å². The molecular formula is C8H17N. The van der Waals surface area contributed by atoms with Crippen molar-refractivity contribution < 1.29 is 0 Å². The standard InChI is InChI=1S/C8H14.H3N/c1-6-3-4-7-5-8(6,7)2;/h6-7H,3-5H2,1-2H3;1H3. The van der Waals surface area contributed by atoms with Crippen LogP contribution in [0.2, 0.25) is 0 Å². The molecule has 2 aliphatic carbocycles. The largest absolute Gasteiger partial charge is 0.344 e. The molecule has 0 spiro atoms. The van der Waals surface area contributed by atoms with Crippen LogP contribution in [0.5, 0.6) is 0 Å². The molecule has 0 aliphatic heterocycles. The van der Waals surface area contributed by atoms with Crippen molar-refractivity contribution >= 4 is 0 Å². The molecule has 0 bridgehead atoms. The zero-order valence-corrected chi connectivity index (χ0v) is 6.48. The molecule has 1 nitrogen and oxygen atoms in total. The highest BCUT2D eigenvalue weighted by molar-refractivity contribution is 5.06. The minimum absolute atomic E-state index is 0. The SMILES string of the molecule is CC1CCC2CC12C.N. The van der Waals surface area contributed by atoms with Gasteiger partial charge in [0.15, 0.2) is 0 Å². The van der Waals surface area contributed by atoms with E-state index in [0.717, 1.165) is 17.3 Å². The molecule has 9 heavy (non-hydrogen) atoms. The predicted octanol–water partition coefficient (Wildman–Crippen LogP) is 2.60. The average molecular weight is 127 g/mol. The summed E-state index contributed by atoms with van der Waals surface area (Å²) in [6, 6.07) is 0. The Hall–Kier alpha value is -0.0400. The number of hydrogen-bond donors (Lipinski definition) is 1. The lowest BCUT2D eigenvalue weighted by Gasteiger charge is -2.10. The van der Waals surface area contributed by atoms with Crippen molar-refractivity contribution in [2.75, 3.05) is 0 Å². The van der Waals surface area contributed by atoms with E-state index in [1.165, 1.54) is 19.3 Å². The van der Waals surface area contributed by atoms with E-state index in [1.807, 2.05) is 0 Å². The Bertz CT molecular complexity index is 120. The maximum atomic E-state index is 2.45. The van der Waals surface area contributed by atoms with Crippen molar-refractivity contribution in [1.82, 2.24) is 6.15 Å². The van der Waals surface area contributed by atoms with Gasteiger partial charge in [-0.1, -0.05) is 13.8 Å². The highest BCUT2D eigenvalue weighted by atomic mass is 14.6. The fraction of sp³-hybridized carbons (Fsp3) is 1.00. The van der Waals surface area contributed by atoms with Gasteiger partial charge in [-0.3, -0.25) is 0 Å². The summed E-state index contributed by atoms with van der Waals surface area (Å²) < 4.78 is 0. The molecule has 0 radical (unpaired) electrons. The quantitative estimate of drug-likeness (QED) is 0.533. The maximum absolute atomic E-state index is 2.45. The molecule has 2 fully saturated rings. The maximum Gasteiger partial charge on any atom is -0.0269 e. The lowest BCUT2D eigenvalue weighted by molar-refractivity contribution is 0.390. The first-order valence-corrected chi connectivity index (χ1v) is 3.73. The Morgan fingerprint density at radius 3 is 2.11 bits per heavy atom. The fourth-order valence-electron chi connectivity index (χ4n) is 2.29. The lowest BCUT2D eigenvalue weighted by Crippen LogP contribution is -2.02. The molecule has 2 aliphatic rings. The minimum atomic E-state index is 0. The van der Waals surface area contributed by atoms with Gasteiger partial charge >= 0.3 is 0 Å². The summed E-state index contributed by atoms with van der Waals surface area (Å²) >= 11 is 0. The van der Waals surface area contributed by atoms with Crippen LogP contribution in [0, 0.1) is 17.3 Å². The molecule has 0 aromatic rings. The summed E-state index contributed by atoms with van der Waals surface area (Å²) in [5.41, 5.74) is 0.819. The second-order valence-electron chi connectivity index (χ2n) is 3.89. The third-order valence-corrected chi connectivity index (χ3v) is 3.53. The summed E-state index contributed by atoms with van der Waals surface area (Å²) in [7, 11) is 0.